The van der Waals surface area contributed by atoms with Crippen LogP contribution in [-0.4, -0.2) is 46.1 Å². The van der Waals surface area contributed by atoms with Crippen molar-refractivity contribution < 1.29 is 4.74 Å². The molecule has 118 valence electrons. The van der Waals surface area contributed by atoms with Gasteiger partial charge in [-0.15, -0.1) is 10.2 Å². The summed E-state index contributed by atoms with van der Waals surface area (Å²) in [5.41, 5.74) is 3.59. The molecule has 7 nitrogen and oxygen atoms in total. The van der Waals surface area contributed by atoms with E-state index in [9.17, 15) is 0 Å². The number of rotatable bonds is 4. The van der Waals surface area contributed by atoms with Crippen LogP contribution in [0, 0.1) is 0 Å². The molecule has 2 N–H and O–H groups in total. The second-order valence-corrected chi connectivity index (χ2v) is 5.60. The fraction of sp³-hybridized carbons (Fsp3) is 0.312. The predicted octanol–water partition coefficient (Wildman–Crippen LogP) is 1.57. The van der Waals surface area contributed by atoms with Crippen LogP contribution in [0.5, 0.6) is 5.75 Å². The molecule has 2 aromatic heterocycles. The molecule has 1 fully saturated rings. The van der Waals surface area contributed by atoms with E-state index in [0.717, 1.165) is 47.9 Å². The zero-order valence-corrected chi connectivity index (χ0v) is 12.9. The van der Waals surface area contributed by atoms with E-state index in [4.69, 9.17) is 4.74 Å². The molecular weight excluding hydrogens is 292 g/mol. The Morgan fingerprint density at radius 1 is 1.30 bits per heavy atom. The Kier molecular flexibility index (Phi) is 3.55. The van der Waals surface area contributed by atoms with E-state index in [-0.39, 0.29) is 0 Å². The molecular formula is C16H18N6O. The standard InChI is InChI=1S/C16H18N6O/c1-23-13-4-2-11(3-5-13)14-8-15(19-12-6-7-17-9-12)16-20-18-10-22(16)21-14/h2-5,8,10,12,17,19H,6-7,9H2,1H3. The van der Waals surface area contributed by atoms with Crippen LogP contribution in [0.1, 0.15) is 6.42 Å². The van der Waals surface area contributed by atoms with Crippen LogP contribution in [0.15, 0.2) is 36.7 Å². The Morgan fingerprint density at radius 2 is 2.17 bits per heavy atom. The smallest absolute Gasteiger partial charge is 0.200 e. The highest BCUT2D eigenvalue weighted by Crippen LogP contribution is 2.25. The largest absolute Gasteiger partial charge is 0.497 e. The van der Waals surface area contributed by atoms with E-state index < -0.39 is 0 Å². The van der Waals surface area contributed by atoms with Crippen molar-refractivity contribution in [1.82, 2.24) is 25.1 Å². The highest BCUT2D eigenvalue weighted by molar-refractivity contribution is 5.73. The highest BCUT2D eigenvalue weighted by Gasteiger charge is 2.17. The first-order chi connectivity index (χ1) is 11.3. The number of anilines is 1. The van der Waals surface area contributed by atoms with Crippen molar-refractivity contribution in [3.8, 4) is 17.0 Å². The fourth-order valence-electron chi connectivity index (χ4n) is 2.83. The minimum absolute atomic E-state index is 0.404. The lowest BCUT2D eigenvalue weighted by atomic mass is 10.1. The van der Waals surface area contributed by atoms with Gasteiger partial charge in [0.05, 0.1) is 18.5 Å². The minimum atomic E-state index is 0.404. The molecule has 1 aromatic carbocycles. The summed E-state index contributed by atoms with van der Waals surface area (Å²) in [6.07, 6.45) is 2.72. The summed E-state index contributed by atoms with van der Waals surface area (Å²) in [5, 5.41) is 19.6. The van der Waals surface area contributed by atoms with E-state index in [0.29, 0.717) is 6.04 Å². The molecule has 0 radical (unpaired) electrons. The Bertz CT molecular complexity index is 807. The van der Waals surface area contributed by atoms with Crippen molar-refractivity contribution in [2.24, 2.45) is 0 Å². The maximum atomic E-state index is 5.21. The summed E-state index contributed by atoms with van der Waals surface area (Å²) in [5.74, 6) is 0.828. The molecule has 0 bridgehead atoms. The van der Waals surface area contributed by atoms with Gasteiger partial charge in [0.15, 0.2) is 0 Å². The number of ether oxygens (including phenoxy) is 1. The topological polar surface area (TPSA) is 76.4 Å². The Hall–Kier alpha value is -2.67. The van der Waals surface area contributed by atoms with Crippen molar-refractivity contribution in [2.75, 3.05) is 25.5 Å². The van der Waals surface area contributed by atoms with Crippen molar-refractivity contribution in [1.29, 1.82) is 0 Å². The molecule has 23 heavy (non-hydrogen) atoms. The number of hydrogen-bond acceptors (Lipinski definition) is 6. The van der Waals surface area contributed by atoms with Gasteiger partial charge in [0.25, 0.3) is 0 Å². The maximum Gasteiger partial charge on any atom is 0.200 e. The van der Waals surface area contributed by atoms with E-state index >= 15 is 0 Å². The van der Waals surface area contributed by atoms with Gasteiger partial charge in [0.1, 0.15) is 12.1 Å². The van der Waals surface area contributed by atoms with Crippen molar-refractivity contribution in [2.45, 2.75) is 12.5 Å². The molecule has 4 rings (SSSR count). The van der Waals surface area contributed by atoms with Crippen LogP contribution >= 0.6 is 0 Å². The van der Waals surface area contributed by atoms with Crippen LogP contribution < -0.4 is 15.4 Å². The summed E-state index contributed by atoms with van der Waals surface area (Å²) < 4.78 is 6.92. The third-order valence-corrected chi connectivity index (χ3v) is 4.07. The van der Waals surface area contributed by atoms with Crippen LogP contribution in [0.4, 0.5) is 5.69 Å². The second kappa shape index (κ2) is 5.85. The predicted molar refractivity (Wildman–Crippen MR) is 87.7 cm³/mol. The first-order valence-electron chi connectivity index (χ1n) is 7.66. The van der Waals surface area contributed by atoms with E-state index in [2.05, 4.69) is 25.9 Å². The SMILES string of the molecule is COc1ccc(-c2cc(NC3CCNC3)c3nncn3n2)cc1. The minimum Gasteiger partial charge on any atom is -0.497 e. The summed E-state index contributed by atoms with van der Waals surface area (Å²) >= 11 is 0. The summed E-state index contributed by atoms with van der Waals surface area (Å²) in [4.78, 5) is 0. The van der Waals surface area contributed by atoms with Gasteiger partial charge in [-0.05, 0) is 43.3 Å². The van der Waals surface area contributed by atoms with Gasteiger partial charge in [0.2, 0.25) is 5.65 Å². The van der Waals surface area contributed by atoms with Crippen LogP contribution in [0.3, 0.4) is 0 Å². The summed E-state index contributed by atoms with van der Waals surface area (Å²) in [7, 11) is 1.66. The number of nitrogens with zero attached hydrogens (tertiary/aromatic N) is 4. The molecule has 1 unspecified atom stereocenters. The lowest BCUT2D eigenvalue weighted by molar-refractivity contribution is 0.415. The molecule has 7 heteroatoms. The summed E-state index contributed by atoms with van der Waals surface area (Å²) in [6.45, 7) is 2.00. The quantitative estimate of drug-likeness (QED) is 0.762. The Labute approximate surface area is 133 Å². The monoisotopic (exact) mass is 310 g/mol. The average molecular weight is 310 g/mol. The number of methoxy groups -OCH3 is 1. The zero-order chi connectivity index (χ0) is 15.6. The maximum absolute atomic E-state index is 5.21. The second-order valence-electron chi connectivity index (χ2n) is 5.60. The van der Waals surface area contributed by atoms with Crippen molar-refractivity contribution in [3.63, 3.8) is 0 Å². The zero-order valence-electron chi connectivity index (χ0n) is 12.9. The molecule has 0 saturated carbocycles. The molecule has 0 aliphatic carbocycles. The molecule has 1 atom stereocenters. The molecule has 1 aliphatic heterocycles. The van der Waals surface area contributed by atoms with E-state index in [1.807, 2.05) is 30.3 Å². The van der Waals surface area contributed by atoms with Crippen LogP contribution in [0.2, 0.25) is 0 Å². The van der Waals surface area contributed by atoms with Gasteiger partial charge in [-0.2, -0.15) is 9.61 Å². The van der Waals surface area contributed by atoms with Gasteiger partial charge in [-0.3, -0.25) is 0 Å². The number of aromatic nitrogens is 4. The van der Waals surface area contributed by atoms with Crippen LogP contribution in [0.25, 0.3) is 16.9 Å². The van der Waals surface area contributed by atoms with Crippen molar-refractivity contribution >= 4 is 11.3 Å². The highest BCUT2D eigenvalue weighted by atomic mass is 16.5. The first-order valence-corrected chi connectivity index (χ1v) is 7.66. The van der Waals surface area contributed by atoms with Gasteiger partial charge in [-0.25, -0.2) is 0 Å². The molecule has 0 amide bonds. The molecule has 0 spiro atoms. The average Bonchev–Trinajstić information content (AvgIpc) is 3.26. The number of benzene rings is 1. The van der Waals surface area contributed by atoms with E-state index in [1.54, 1.807) is 18.0 Å². The van der Waals surface area contributed by atoms with Gasteiger partial charge >= 0.3 is 0 Å². The van der Waals surface area contributed by atoms with Gasteiger partial charge < -0.3 is 15.4 Å². The molecule has 1 aliphatic rings. The molecule has 3 heterocycles. The number of hydrogen-bond donors (Lipinski definition) is 2. The summed E-state index contributed by atoms with van der Waals surface area (Å²) in [6, 6.07) is 10.3. The number of fused-ring (bicyclic) bond motifs is 1. The molecule has 1 saturated heterocycles. The number of nitrogens with one attached hydrogen (secondary N) is 2. The van der Waals surface area contributed by atoms with Gasteiger partial charge in [-0.1, -0.05) is 0 Å². The third-order valence-electron chi connectivity index (χ3n) is 4.07. The first kappa shape index (κ1) is 14.0. The molecule has 3 aromatic rings. The van der Waals surface area contributed by atoms with Gasteiger partial charge in [0, 0.05) is 18.2 Å². The normalized spacial score (nSPS) is 17.5. The lowest BCUT2D eigenvalue weighted by Gasteiger charge is -2.14. The lowest BCUT2D eigenvalue weighted by Crippen LogP contribution is -2.22. The Balaban J connectivity index is 1.74. The van der Waals surface area contributed by atoms with E-state index in [1.165, 1.54) is 0 Å². The van der Waals surface area contributed by atoms with Crippen LogP contribution in [-0.2, 0) is 0 Å². The fourth-order valence-corrected chi connectivity index (χ4v) is 2.83. The Morgan fingerprint density at radius 3 is 2.91 bits per heavy atom. The third kappa shape index (κ3) is 2.70. The van der Waals surface area contributed by atoms with Crippen molar-refractivity contribution in [3.05, 3.63) is 36.7 Å².